The average molecular weight is 316 g/mol. The minimum absolute atomic E-state index is 0.113. The molecule has 0 saturated heterocycles. The second kappa shape index (κ2) is 8.94. The normalized spacial score (nSPS) is 12.7. The quantitative estimate of drug-likeness (QED) is 0.440. The van der Waals surface area contributed by atoms with Gasteiger partial charge >= 0.3 is 5.97 Å². The Morgan fingerprint density at radius 1 is 1.35 bits per heavy atom. The third kappa shape index (κ3) is 6.52. The second-order valence-corrected chi connectivity index (χ2v) is 6.04. The first-order valence-electron chi connectivity index (χ1n) is 7.68. The van der Waals surface area contributed by atoms with E-state index in [2.05, 4.69) is 25.8 Å². The van der Waals surface area contributed by atoms with Crippen molar-refractivity contribution in [2.24, 2.45) is 10.9 Å². The summed E-state index contributed by atoms with van der Waals surface area (Å²) in [7, 11) is 0. The van der Waals surface area contributed by atoms with Gasteiger partial charge < -0.3 is 9.47 Å². The maximum atomic E-state index is 11.4. The Balaban J connectivity index is 2.41. The molecule has 1 rings (SSSR count). The largest absolute Gasteiger partial charge is 0.492 e. The van der Waals surface area contributed by atoms with Gasteiger partial charge in [-0.2, -0.15) is 5.26 Å². The summed E-state index contributed by atoms with van der Waals surface area (Å²) in [6.07, 6.45) is 1.31. The van der Waals surface area contributed by atoms with E-state index in [1.54, 1.807) is 6.92 Å². The molecule has 124 valence electrons. The molecule has 0 fully saturated rings. The first-order valence-corrected chi connectivity index (χ1v) is 7.68. The highest BCUT2D eigenvalue weighted by Gasteiger charge is 2.16. The standard InChI is InChI=1S/C18H24N2O3/c1-5-22-17(21)14(12-19)13-20-10-11-23-16-8-6-15(7-9-16)18(2,3)4/h6-9,13-14H,5,10-11H2,1-4H3/t14-/m1/s1. The summed E-state index contributed by atoms with van der Waals surface area (Å²) in [5.74, 6) is -0.756. The number of ether oxygens (including phenoxy) is 2. The van der Waals surface area contributed by atoms with E-state index in [0.717, 1.165) is 5.75 Å². The van der Waals surface area contributed by atoms with E-state index < -0.39 is 11.9 Å². The van der Waals surface area contributed by atoms with Gasteiger partial charge in [-0.15, -0.1) is 0 Å². The minimum atomic E-state index is -0.957. The van der Waals surface area contributed by atoms with E-state index in [1.807, 2.05) is 30.3 Å². The van der Waals surface area contributed by atoms with Crippen LogP contribution in [0.15, 0.2) is 29.3 Å². The van der Waals surface area contributed by atoms with Crippen LogP contribution < -0.4 is 4.74 Å². The molecular weight excluding hydrogens is 292 g/mol. The van der Waals surface area contributed by atoms with Crippen LogP contribution in [0.2, 0.25) is 0 Å². The molecule has 0 radical (unpaired) electrons. The minimum Gasteiger partial charge on any atom is -0.492 e. The molecule has 0 heterocycles. The second-order valence-electron chi connectivity index (χ2n) is 6.04. The van der Waals surface area contributed by atoms with E-state index >= 15 is 0 Å². The molecule has 0 aliphatic rings. The van der Waals surface area contributed by atoms with Crippen LogP contribution in [0.4, 0.5) is 0 Å². The number of esters is 1. The molecule has 5 nitrogen and oxygen atoms in total. The smallest absolute Gasteiger partial charge is 0.328 e. The fraction of sp³-hybridized carbons (Fsp3) is 0.500. The van der Waals surface area contributed by atoms with Crippen LogP contribution in [0.5, 0.6) is 5.75 Å². The number of carbonyl (C=O) groups is 1. The summed E-state index contributed by atoms with van der Waals surface area (Å²) >= 11 is 0. The monoisotopic (exact) mass is 316 g/mol. The van der Waals surface area contributed by atoms with Gasteiger partial charge in [0.2, 0.25) is 0 Å². The summed E-state index contributed by atoms with van der Waals surface area (Å²) in [6.45, 7) is 9.18. The topological polar surface area (TPSA) is 71.7 Å². The molecule has 1 aromatic rings. The molecule has 23 heavy (non-hydrogen) atoms. The first-order chi connectivity index (χ1) is 10.9. The van der Waals surface area contributed by atoms with Gasteiger partial charge in [0.1, 0.15) is 12.4 Å². The Morgan fingerprint density at radius 3 is 2.52 bits per heavy atom. The number of nitrogens with zero attached hydrogens (tertiary/aromatic N) is 2. The zero-order valence-electron chi connectivity index (χ0n) is 14.2. The zero-order chi connectivity index (χ0) is 17.3. The van der Waals surface area contributed by atoms with Crippen LogP contribution in [-0.2, 0) is 14.9 Å². The Hall–Kier alpha value is -2.35. The van der Waals surface area contributed by atoms with Gasteiger partial charge in [0.05, 0.1) is 19.2 Å². The number of hydrogen-bond acceptors (Lipinski definition) is 5. The highest BCUT2D eigenvalue weighted by Crippen LogP contribution is 2.24. The molecule has 0 bridgehead atoms. The SMILES string of the molecule is CCOC(=O)[C@H](C#N)C=NCCOc1ccc(C(C)(C)C)cc1. The predicted molar refractivity (Wildman–Crippen MR) is 89.7 cm³/mol. The first kappa shape index (κ1) is 18.7. The maximum absolute atomic E-state index is 11.4. The van der Waals surface area contributed by atoms with Crippen molar-refractivity contribution >= 4 is 12.2 Å². The molecule has 1 aromatic carbocycles. The predicted octanol–water partition coefficient (Wildman–Crippen LogP) is 3.14. The third-order valence-corrected chi connectivity index (χ3v) is 3.14. The summed E-state index contributed by atoms with van der Waals surface area (Å²) in [5.41, 5.74) is 1.36. The fourth-order valence-electron chi connectivity index (χ4n) is 1.83. The molecule has 0 saturated carbocycles. The van der Waals surface area contributed by atoms with Crippen molar-refractivity contribution in [1.29, 1.82) is 5.26 Å². The molecule has 0 N–H and O–H groups in total. The van der Waals surface area contributed by atoms with Crippen molar-refractivity contribution in [1.82, 2.24) is 0 Å². The van der Waals surface area contributed by atoms with Gasteiger partial charge in [-0.1, -0.05) is 32.9 Å². The lowest BCUT2D eigenvalue weighted by Crippen LogP contribution is -2.17. The van der Waals surface area contributed by atoms with Crippen LogP contribution in [0.1, 0.15) is 33.3 Å². The Labute approximate surface area is 137 Å². The van der Waals surface area contributed by atoms with Crippen LogP contribution in [0.3, 0.4) is 0 Å². The van der Waals surface area contributed by atoms with E-state index in [-0.39, 0.29) is 12.0 Å². The number of benzene rings is 1. The molecule has 0 aliphatic carbocycles. The van der Waals surface area contributed by atoms with E-state index in [9.17, 15) is 4.79 Å². The van der Waals surface area contributed by atoms with E-state index in [1.165, 1.54) is 11.8 Å². The molecule has 0 spiro atoms. The van der Waals surface area contributed by atoms with Crippen molar-refractivity contribution < 1.29 is 14.3 Å². The van der Waals surface area contributed by atoms with Crippen molar-refractivity contribution in [3.8, 4) is 11.8 Å². The van der Waals surface area contributed by atoms with E-state index in [0.29, 0.717) is 13.2 Å². The summed E-state index contributed by atoms with van der Waals surface area (Å²) in [5, 5.41) is 8.88. The van der Waals surface area contributed by atoms with Crippen molar-refractivity contribution in [3.05, 3.63) is 29.8 Å². The lowest BCUT2D eigenvalue weighted by Gasteiger charge is -2.19. The number of hydrogen-bond donors (Lipinski definition) is 0. The fourth-order valence-corrected chi connectivity index (χ4v) is 1.83. The van der Waals surface area contributed by atoms with Gasteiger partial charge in [-0.3, -0.25) is 9.79 Å². The maximum Gasteiger partial charge on any atom is 0.328 e. The summed E-state index contributed by atoms with van der Waals surface area (Å²) in [4.78, 5) is 15.4. The van der Waals surface area contributed by atoms with Gasteiger partial charge in [0, 0.05) is 6.21 Å². The van der Waals surface area contributed by atoms with E-state index in [4.69, 9.17) is 14.7 Å². The number of carbonyl (C=O) groups excluding carboxylic acids is 1. The molecule has 0 aliphatic heterocycles. The Kier molecular flexibility index (Phi) is 7.27. The molecular formula is C18H24N2O3. The van der Waals surface area contributed by atoms with Crippen molar-refractivity contribution in [3.63, 3.8) is 0 Å². The molecule has 0 amide bonds. The van der Waals surface area contributed by atoms with Gasteiger partial charge in [-0.05, 0) is 30.0 Å². The molecule has 0 unspecified atom stereocenters. The van der Waals surface area contributed by atoms with Crippen LogP contribution in [-0.4, -0.2) is 31.9 Å². The molecule has 5 heteroatoms. The highest BCUT2D eigenvalue weighted by atomic mass is 16.5. The lowest BCUT2D eigenvalue weighted by atomic mass is 9.87. The number of rotatable bonds is 7. The Morgan fingerprint density at radius 2 is 2.00 bits per heavy atom. The van der Waals surface area contributed by atoms with Crippen LogP contribution >= 0.6 is 0 Å². The highest BCUT2D eigenvalue weighted by molar-refractivity contribution is 5.92. The molecule has 1 atom stereocenters. The Bertz CT molecular complexity index is 565. The lowest BCUT2D eigenvalue weighted by molar-refractivity contribution is -0.143. The van der Waals surface area contributed by atoms with Crippen LogP contribution in [0, 0.1) is 17.2 Å². The average Bonchev–Trinajstić information content (AvgIpc) is 2.50. The number of aliphatic imine (C=N–C) groups is 1. The van der Waals surface area contributed by atoms with Gasteiger partial charge in [-0.25, -0.2) is 0 Å². The van der Waals surface area contributed by atoms with Gasteiger partial charge in [0.15, 0.2) is 5.92 Å². The van der Waals surface area contributed by atoms with Crippen LogP contribution in [0.25, 0.3) is 0 Å². The zero-order valence-corrected chi connectivity index (χ0v) is 14.2. The summed E-state index contributed by atoms with van der Waals surface area (Å²) < 4.78 is 10.4. The number of nitriles is 1. The van der Waals surface area contributed by atoms with Gasteiger partial charge in [0.25, 0.3) is 0 Å². The summed E-state index contributed by atoms with van der Waals surface area (Å²) in [6, 6.07) is 9.81. The molecule has 0 aromatic heterocycles. The van der Waals surface area contributed by atoms with Crippen molar-refractivity contribution in [2.75, 3.05) is 19.8 Å². The van der Waals surface area contributed by atoms with Crippen molar-refractivity contribution in [2.45, 2.75) is 33.1 Å². The third-order valence-electron chi connectivity index (χ3n) is 3.14.